The SMILES string of the molecule is N#Cc1ccc(CNC(=O)CBr)cc1. The first kappa shape index (κ1) is 10.7. The molecular formula is C10H9BrN2O. The molecule has 0 aliphatic heterocycles. The summed E-state index contributed by atoms with van der Waals surface area (Å²) < 4.78 is 0. The highest BCUT2D eigenvalue weighted by Crippen LogP contribution is 2.02. The van der Waals surface area contributed by atoms with Gasteiger partial charge in [0, 0.05) is 6.54 Å². The molecule has 0 bridgehead atoms. The molecule has 1 aromatic rings. The summed E-state index contributed by atoms with van der Waals surface area (Å²) in [6, 6.07) is 9.15. The zero-order chi connectivity index (χ0) is 10.4. The van der Waals surface area contributed by atoms with E-state index in [2.05, 4.69) is 21.2 Å². The number of nitrogens with zero attached hydrogens (tertiary/aromatic N) is 1. The first-order valence-corrected chi connectivity index (χ1v) is 5.20. The second-order valence-electron chi connectivity index (χ2n) is 2.72. The van der Waals surface area contributed by atoms with Gasteiger partial charge in [0.2, 0.25) is 5.91 Å². The van der Waals surface area contributed by atoms with E-state index >= 15 is 0 Å². The van der Waals surface area contributed by atoms with Crippen LogP contribution in [0.5, 0.6) is 0 Å². The third-order valence-corrected chi connectivity index (χ3v) is 2.20. The van der Waals surface area contributed by atoms with E-state index in [4.69, 9.17) is 5.26 Å². The van der Waals surface area contributed by atoms with Gasteiger partial charge in [-0.05, 0) is 17.7 Å². The fourth-order valence-electron chi connectivity index (χ4n) is 0.945. The Morgan fingerprint density at radius 2 is 2.07 bits per heavy atom. The molecular weight excluding hydrogens is 244 g/mol. The Labute approximate surface area is 90.9 Å². The lowest BCUT2D eigenvalue weighted by Crippen LogP contribution is -2.23. The molecule has 1 N–H and O–H groups in total. The first-order valence-electron chi connectivity index (χ1n) is 4.08. The maximum absolute atomic E-state index is 10.9. The molecule has 0 saturated heterocycles. The van der Waals surface area contributed by atoms with Gasteiger partial charge in [0.1, 0.15) is 0 Å². The lowest BCUT2D eigenvalue weighted by molar-refractivity contribution is -0.118. The van der Waals surface area contributed by atoms with Gasteiger partial charge in [0.25, 0.3) is 0 Å². The molecule has 3 nitrogen and oxygen atoms in total. The fourth-order valence-corrected chi connectivity index (χ4v) is 1.14. The van der Waals surface area contributed by atoms with Gasteiger partial charge in [-0.1, -0.05) is 28.1 Å². The van der Waals surface area contributed by atoms with Crippen LogP contribution >= 0.6 is 15.9 Å². The van der Waals surface area contributed by atoms with E-state index in [-0.39, 0.29) is 5.91 Å². The number of carbonyl (C=O) groups excluding carboxylic acids is 1. The van der Waals surface area contributed by atoms with Crippen LogP contribution in [0.3, 0.4) is 0 Å². The van der Waals surface area contributed by atoms with E-state index in [0.29, 0.717) is 17.4 Å². The van der Waals surface area contributed by atoms with E-state index in [1.165, 1.54) is 0 Å². The summed E-state index contributed by atoms with van der Waals surface area (Å²) in [6.45, 7) is 0.496. The Morgan fingerprint density at radius 1 is 1.43 bits per heavy atom. The highest BCUT2D eigenvalue weighted by molar-refractivity contribution is 9.09. The summed E-state index contributed by atoms with van der Waals surface area (Å²) in [5, 5.41) is 11.6. The van der Waals surface area contributed by atoms with E-state index in [1.807, 2.05) is 18.2 Å². The smallest absolute Gasteiger partial charge is 0.230 e. The van der Waals surface area contributed by atoms with Gasteiger partial charge in [-0.15, -0.1) is 0 Å². The second kappa shape index (κ2) is 5.40. The monoisotopic (exact) mass is 252 g/mol. The number of amides is 1. The Balaban J connectivity index is 2.53. The number of hydrogen-bond acceptors (Lipinski definition) is 2. The van der Waals surface area contributed by atoms with Gasteiger partial charge in [-0.2, -0.15) is 5.26 Å². The van der Waals surface area contributed by atoms with Gasteiger partial charge in [0.15, 0.2) is 0 Å². The van der Waals surface area contributed by atoms with E-state index in [9.17, 15) is 4.79 Å². The lowest BCUT2D eigenvalue weighted by Gasteiger charge is -2.02. The van der Waals surface area contributed by atoms with Crippen molar-refractivity contribution in [2.45, 2.75) is 6.54 Å². The van der Waals surface area contributed by atoms with Crippen LogP contribution < -0.4 is 5.32 Å². The molecule has 1 rings (SSSR count). The lowest BCUT2D eigenvalue weighted by atomic mass is 10.1. The van der Waals surface area contributed by atoms with Crippen LogP contribution in [0, 0.1) is 11.3 Å². The molecule has 14 heavy (non-hydrogen) atoms. The van der Waals surface area contributed by atoms with Crippen molar-refractivity contribution in [3.05, 3.63) is 35.4 Å². The molecule has 1 amide bonds. The van der Waals surface area contributed by atoms with E-state index < -0.39 is 0 Å². The van der Waals surface area contributed by atoms with Gasteiger partial charge in [-0.25, -0.2) is 0 Å². The van der Waals surface area contributed by atoms with Gasteiger partial charge >= 0.3 is 0 Å². The summed E-state index contributed by atoms with van der Waals surface area (Å²) in [7, 11) is 0. The minimum atomic E-state index is -0.0469. The van der Waals surface area contributed by atoms with Gasteiger partial charge < -0.3 is 5.32 Å². The van der Waals surface area contributed by atoms with E-state index in [0.717, 1.165) is 5.56 Å². The summed E-state index contributed by atoms with van der Waals surface area (Å²) >= 11 is 3.06. The molecule has 0 fully saturated rings. The molecule has 1 aromatic carbocycles. The molecule has 0 aliphatic rings. The van der Waals surface area contributed by atoms with Crippen LogP contribution in [-0.4, -0.2) is 11.2 Å². The summed E-state index contributed by atoms with van der Waals surface area (Å²) in [6.07, 6.45) is 0. The number of nitrogens with one attached hydrogen (secondary N) is 1. The molecule has 0 aliphatic carbocycles. The van der Waals surface area contributed by atoms with E-state index in [1.54, 1.807) is 12.1 Å². The zero-order valence-corrected chi connectivity index (χ0v) is 9.04. The average molecular weight is 253 g/mol. The number of carbonyl (C=O) groups is 1. The highest BCUT2D eigenvalue weighted by Gasteiger charge is 1.98. The largest absolute Gasteiger partial charge is 0.351 e. The Bertz CT molecular complexity index is 353. The predicted molar refractivity (Wildman–Crippen MR) is 56.8 cm³/mol. The molecule has 0 spiro atoms. The van der Waals surface area contributed by atoms with Gasteiger partial charge in [0.05, 0.1) is 17.0 Å². The quantitative estimate of drug-likeness (QED) is 0.831. The van der Waals surface area contributed by atoms with Crippen molar-refractivity contribution in [3.8, 4) is 6.07 Å². The van der Waals surface area contributed by atoms with Crippen molar-refractivity contribution in [1.82, 2.24) is 5.32 Å². The van der Waals surface area contributed by atoms with Crippen LogP contribution in [0.2, 0.25) is 0 Å². The third-order valence-electron chi connectivity index (χ3n) is 1.69. The summed E-state index contributed by atoms with van der Waals surface area (Å²) in [5.41, 5.74) is 1.61. The average Bonchev–Trinajstić information content (AvgIpc) is 2.26. The van der Waals surface area contributed by atoms with Crippen LogP contribution in [-0.2, 0) is 11.3 Å². The maximum Gasteiger partial charge on any atom is 0.230 e. The minimum Gasteiger partial charge on any atom is -0.351 e. The molecule has 0 saturated carbocycles. The predicted octanol–water partition coefficient (Wildman–Crippen LogP) is 1.57. The minimum absolute atomic E-state index is 0.0469. The van der Waals surface area contributed by atoms with Crippen molar-refractivity contribution in [2.75, 3.05) is 5.33 Å². The topological polar surface area (TPSA) is 52.9 Å². The molecule has 0 aromatic heterocycles. The Hall–Kier alpha value is -1.34. The van der Waals surface area contributed by atoms with Crippen molar-refractivity contribution in [1.29, 1.82) is 5.26 Å². The molecule has 0 heterocycles. The van der Waals surface area contributed by atoms with Crippen molar-refractivity contribution in [3.63, 3.8) is 0 Å². The van der Waals surface area contributed by atoms with Crippen LogP contribution in [0.15, 0.2) is 24.3 Å². The van der Waals surface area contributed by atoms with Crippen LogP contribution in [0.4, 0.5) is 0 Å². The molecule has 0 unspecified atom stereocenters. The third kappa shape index (κ3) is 3.19. The standard InChI is InChI=1S/C10H9BrN2O/c11-5-10(14)13-7-9-3-1-8(6-12)2-4-9/h1-4H,5,7H2,(H,13,14). The summed E-state index contributed by atoms with van der Waals surface area (Å²) in [5.74, 6) is -0.0469. The van der Waals surface area contributed by atoms with Gasteiger partial charge in [-0.3, -0.25) is 4.79 Å². The number of rotatable bonds is 3. The maximum atomic E-state index is 10.9. The molecule has 0 radical (unpaired) electrons. The van der Waals surface area contributed by atoms with Crippen molar-refractivity contribution in [2.24, 2.45) is 0 Å². The molecule has 4 heteroatoms. The number of halogens is 1. The second-order valence-corrected chi connectivity index (χ2v) is 3.28. The van der Waals surface area contributed by atoms with Crippen LogP contribution in [0.1, 0.15) is 11.1 Å². The molecule has 72 valence electrons. The normalized spacial score (nSPS) is 9.14. The molecule has 0 atom stereocenters. The number of nitriles is 1. The fraction of sp³-hybridized carbons (Fsp3) is 0.200. The van der Waals surface area contributed by atoms with Crippen molar-refractivity contribution >= 4 is 21.8 Å². The highest BCUT2D eigenvalue weighted by atomic mass is 79.9. The number of alkyl halides is 1. The summed E-state index contributed by atoms with van der Waals surface area (Å²) in [4.78, 5) is 10.9. The van der Waals surface area contributed by atoms with Crippen LogP contribution in [0.25, 0.3) is 0 Å². The number of benzene rings is 1. The Kier molecular flexibility index (Phi) is 4.14. The van der Waals surface area contributed by atoms with Crippen molar-refractivity contribution < 1.29 is 4.79 Å². The zero-order valence-electron chi connectivity index (χ0n) is 7.46. The number of hydrogen-bond donors (Lipinski definition) is 1. The first-order chi connectivity index (χ1) is 6.76. The Morgan fingerprint density at radius 3 is 2.57 bits per heavy atom.